The predicted octanol–water partition coefficient (Wildman–Crippen LogP) is 1.66. The van der Waals surface area contributed by atoms with Crippen LogP contribution in [-0.2, 0) is 22.7 Å². The minimum Gasteiger partial charge on any atom is -0.480 e. The van der Waals surface area contributed by atoms with Gasteiger partial charge in [0.05, 0.1) is 13.1 Å². The number of Topliss-reactive ketones (excluding diaryl/α,β-unsaturated/α-hetero) is 1. The highest BCUT2D eigenvalue weighted by molar-refractivity contribution is 5.99. The zero-order valence-electron chi connectivity index (χ0n) is 15.6. The number of benzene rings is 1. The Bertz CT molecular complexity index is 918. The third-order valence-corrected chi connectivity index (χ3v) is 4.92. The van der Waals surface area contributed by atoms with Crippen LogP contribution in [0.15, 0.2) is 18.2 Å². The average Bonchev–Trinajstić information content (AvgIpc) is 3.00. The molecule has 8 nitrogen and oxygen atoms in total. The lowest BCUT2D eigenvalue weighted by molar-refractivity contribution is -0.152. The van der Waals surface area contributed by atoms with Crippen molar-refractivity contribution >= 4 is 17.7 Å². The van der Waals surface area contributed by atoms with Crippen LogP contribution in [0.2, 0.25) is 0 Å². The van der Waals surface area contributed by atoms with Crippen molar-refractivity contribution in [2.75, 3.05) is 0 Å². The van der Waals surface area contributed by atoms with Crippen LogP contribution < -0.4 is 0 Å². The van der Waals surface area contributed by atoms with Crippen LogP contribution in [0.1, 0.15) is 46.0 Å². The molecule has 0 radical (unpaired) electrons. The summed E-state index contributed by atoms with van der Waals surface area (Å²) in [5.74, 6) is -0.393. The molecule has 1 aliphatic rings. The molecule has 27 heavy (non-hydrogen) atoms. The largest absolute Gasteiger partial charge is 0.480 e. The Morgan fingerprint density at radius 1 is 1.15 bits per heavy atom. The summed E-state index contributed by atoms with van der Waals surface area (Å²) in [5, 5.41) is 17.5. The molecular weight excluding hydrogens is 348 g/mol. The first-order valence-electron chi connectivity index (χ1n) is 8.79. The van der Waals surface area contributed by atoms with E-state index in [1.807, 2.05) is 32.0 Å². The maximum atomic E-state index is 12.7. The van der Waals surface area contributed by atoms with E-state index >= 15 is 0 Å². The highest BCUT2D eigenvalue weighted by Gasteiger charge is 2.36. The molecule has 1 amide bonds. The van der Waals surface area contributed by atoms with E-state index in [0.29, 0.717) is 17.2 Å². The molecule has 1 aromatic heterocycles. The Morgan fingerprint density at radius 3 is 2.59 bits per heavy atom. The lowest BCUT2D eigenvalue weighted by atomic mass is 9.99. The zero-order valence-corrected chi connectivity index (χ0v) is 15.6. The van der Waals surface area contributed by atoms with Gasteiger partial charge in [0.1, 0.15) is 11.9 Å². The Hall–Kier alpha value is -3.03. The molecule has 1 aromatic carbocycles. The number of aliphatic carboxylic acids is 1. The van der Waals surface area contributed by atoms with E-state index in [9.17, 15) is 19.5 Å². The van der Waals surface area contributed by atoms with Crippen LogP contribution in [0.25, 0.3) is 0 Å². The van der Waals surface area contributed by atoms with Crippen LogP contribution in [0.4, 0.5) is 0 Å². The Balaban J connectivity index is 1.72. The molecule has 3 rings (SSSR count). The van der Waals surface area contributed by atoms with Crippen molar-refractivity contribution in [1.82, 2.24) is 19.7 Å². The fourth-order valence-electron chi connectivity index (χ4n) is 3.32. The standard InChI is InChI=1S/C19H22N4O4/c1-11-4-5-12(2)14(8-11)16(24)6-7-18(25)23-10-17-21-20-13(3)22(17)9-15(23)19(26)27/h4-5,8,15H,6-7,9-10H2,1-3H3,(H,26,27). The molecule has 0 saturated heterocycles. The summed E-state index contributed by atoms with van der Waals surface area (Å²) in [4.78, 5) is 38.1. The Morgan fingerprint density at radius 2 is 1.89 bits per heavy atom. The number of aromatic nitrogens is 3. The van der Waals surface area contributed by atoms with Crippen molar-refractivity contribution in [2.24, 2.45) is 0 Å². The number of rotatable bonds is 5. The van der Waals surface area contributed by atoms with Gasteiger partial charge in [-0.3, -0.25) is 9.59 Å². The van der Waals surface area contributed by atoms with E-state index in [-0.39, 0.29) is 37.6 Å². The summed E-state index contributed by atoms with van der Waals surface area (Å²) in [5.41, 5.74) is 2.45. The number of ketones is 1. The molecule has 1 N–H and O–H groups in total. The van der Waals surface area contributed by atoms with Gasteiger partial charge in [-0.25, -0.2) is 4.79 Å². The number of carboxylic acid groups (broad SMARTS) is 1. The molecule has 1 aliphatic heterocycles. The second kappa shape index (κ2) is 7.30. The highest BCUT2D eigenvalue weighted by Crippen LogP contribution is 2.20. The van der Waals surface area contributed by atoms with E-state index in [1.165, 1.54) is 4.90 Å². The molecule has 142 valence electrons. The monoisotopic (exact) mass is 370 g/mol. The van der Waals surface area contributed by atoms with Gasteiger partial charge in [0.15, 0.2) is 11.6 Å². The van der Waals surface area contributed by atoms with Crippen LogP contribution in [-0.4, -0.2) is 48.5 Å². The minimum absolute atomic E-state index is 0.0386. The lowest BCUT2D eigenvalue weighted by Gasteiger charge is -2.33. The van der Waals surface area contributed by atoms with Gasteiger partial charge in [-0.2, -0.15) is 0 Å². The first-order valence-corrected chi connectivity index (χ1v) is 8.79. The minimum atomic E-state index is -1.08. The van der Waals surface area contributed by atoms with Gasteiger partial charge in [0, 0.05) is 18.4 Å². The molecule has 0 saturated carbocycles. The summed E-state index contributed by atoms with van der Waals surface area (Å²) in [6.07, 6.45) is 0.000792. The van der Waals surface area contributed by atoms with Gasteiger partial charge in [0.2, 0.25) is 5.91 Å². The summed E-state index contributed by atoms with van der Waals surface area (Å²) in [6, 6.07) is 4.63. The van der Waals surface area contributed by atoms with Gasteiger partial charge in [-0.15, -0.1) is 10.2 Å². The van der Waals surface area contributed by atoms with Crippen molar-refractivity contribution in [2.45, 2.75) is 52.7 Å². The van der Waals surface area contributed by atoms with E-state index in [2.05, 4.69) is 10.2 Å². The number of hydrogen-bond donors (Lipinski definition) is 1. The van der Waals surface area contributed by atoms with Crippen molar-refractivity contribution < 1.29 is 19.5 Å². The van der Waals surface area contributed by atoms with Crippen LogP contribution in [0.3, 0.4) is 0 Å². The number of fused-ring (bicyclic) bond motifs is 1. The molecule has 1 atom stereocenters. The average molecular weight is 370 g/mol. The molecule has 1 unspecified atom stereocenters. The van der Waals surface area contributed by atoms with Gasteiger partial charge < -0.3 is 14.6 Å². The summed E-state index contributed by atoms with van der Waals surface area (Å²) < 4.78 is 1.71. The van der Waals surface area contributed by atoms with Crippen LogP contribution >= 0.6 is 0 Å². The molecule has 0 aliphatic carbocycles. The molecule has 2 heterocycles. The van der Waals surface area contributed by atoms with E-state index < -0.39 is 12.0 Å². The van der Waals surface area contributed by atoms with Gasteiger partial charge >= 0.3 is 5.97 Å². The molecule has 0 fully saturated rings. The number of carboxylic acids is 1. The van der Waals surface area contributed by atoms with E-state index in [4.69, 9.17) is 0 Å². The molecule has 0 bridgehead atoms. The fourth-order valence-corrected chi connectivity index (χ4v) is 3.32. The quantitative estimate of drug-likeness (QED) is 0.803. The topological polar surface area (TPSA) is 105 Å². The molecular formula is C19H22N4O4. The summed E-state index contributed by atoms with van der Waals surface area (Å²) in [6.45, 7) is 5.70. The number of aryl methyl sites for hydroxylation is 3. The molecule has 8 heteroatoms. The third-order valence-electron chi connectivity index (χ3n) is 4.92. The zero-order chi connectivity index (χ0) is 19.7. The SMILES string of the molecule is Cc1ccc(C)c(C(=O)CCC(=O)N2Cc3nnc(C)n3CC2C(=O)O)c1. The fraction of sp³-hybridized carbons (Fsp3) is 0.421. The van der Waals surface area contributed by atoms with Crippen molar-refractivity contribution in [1.29, 1.82) is 0 Å². The highest BCUT2D eigenvalue weighted by atomic mass is 16.4. The van der Waals surface area contributed by atoms with Gasteiger partial charge in [-0.05, 0) is 32.4 Å². The summed E-state index contributed by atoms with van der Waals surface area (Å²) >= 11 is 0. The first-order chi connectivity index (χ1) is 12.8. The molecule has 2 aromatic rings. The first kappa shape index (κ1) is 18.8. The molecule has 0 spiro atoms. The summed E-state index contributed by atoms with van der Waals surface area (Å²) in [7, 11) is 0. The smallest absolute Gasteiger partial charge is 0.328 e. The third kappa shape index (κ3) is 3.74. The van der Waals surface area contributed by atoms with Crippen molar-refractivity contribution in [3.05, 3.63) is 46.5 Å². The number of amides is 1. The Kier molecular flexibility index (Phi) is 5.07. The Labute approximate surface area is 156 Å². The second-order valence-corrected chi connectivity index (χ2v) is 6.89. The predicted molar refractivity (Wildman–Crippen MR) is 96.2 cm³/mol. The van der Waals surface area contributed by atoms with Gasteiger partial charge in [-0.1, -0.05) is 17.7 Å². The van der Waals surface area contributed by atoms with Gasteiger partial charge in [0.25, 0.3) is 0 Å². The maximum Gasteiger partial charge on any atom is 0.328 e. The lowest BCUT2D eigenvalue weighted by Crippen LogP contribution is -2.50. The number of carbonyl (C=O) groups excluding carboxylic acids is 2. The number of hydrogen-bond acceptors (Lipinski definition) is 5. The second-order valence-electron chi connectivity index (χ2n) is 6.89. The maximum absolute atomic E-state index is 12.7. The normalized spacial score (nSPS) is 16.1. The van der Waals surface area contributed by atoms with Crippen LogP contribution in [0, 0.1) is 20.8 Å². The van der Waals surface area contributed by atoms with Crippen molar-refractivity contribution in [3.63, 3.8) is 0 Å². The van der Waals surface area contributed by atoms with E-state index in [1.54, 1.807) is 11.5 Å². The number of nitrogens with zero attached hydrogens (tertiary/aromatic N) is 4. The number of carbonyl (C=O) groups is 3. The van der Waals surface area contributed by atoms with Crippen molar-refractivity contribution in [3.8, 4) is 0 Å². The van der Waals surface area contributed by atoms with Crippen LogP contribution in [0.5, 0.6) is 0 Å². The van der Waals surface area contributed by atoms with E-state index in [0.717, 1.165) is 11.1 Å².